The lowest BCUT2D eigenvalue weighted by Crippen LogP contribution is -2.11. The molecule has 5 nitrogen and oxygen atoms in total. The van der Waals surface area contributed by atoms with Crippen molar-refractivity contribution in [1.82, 2.24) is 14.8 Å². The Kier molecular flexibility index (Phi) is 4.09. The Morgan fingerprint density at radius 2 is 1.82 bits per heavy atom. The molecule has 3 rings (SSSR count). The number of amides is 1. The fourth-order valence-corrected chi connectivity index (χ4v) is 2.18. The predicted octanol–water partition coefficient (Wildman–Crippen LogP) is 3.83. The monoisotopic (exact) mass is 332 g/mol. The first-order chi connectivity index (χ1) is 10.6. The summed E-state index contributed by atoms with van der Waals surface area (Å²) in [6.07, 6.45) is 3.06. The van der Waals surface area contributed by atoms with Crippen LogP contribution in [0, 0.1) is 0 Å². The molecule has 1 heterocycles. The topological polar surface area (TPSA) is 59.8 Å². The van der Waals surface area contributed by atoms with Crippen LogP contribution in [-0.2, 0) is 0 Å². The van der Waals surface area contributed by atoms with E-state index in [0.29, 0.717) is 21.3 Å². The summed E-state index contributed by atoms with van der Waals surface area (Å²) in [6.45, 7) is 0. The molecule has 0 saturated heterocycles. The van der Waals surface area contributed by atoms with Crippen molar-refractivity contribution < 1.29 is 4.79 Å². The second kappa shape index (κ2) is 6.17. The Bertz CT molecular complexity index is 801. The smallest absolute Gasteiger partial charge is 0.255 e. The molecule has 0 fully saturated rings. The van der Waals surface area contributed by atoms with Crippen molar-refractivity contribution in [2.75, 3.05) is 5.32 Å². The molecule has 0 aliphatic carbocycles. The predicted molar refractivity (Wildman–Crippen MR) is 85.8 cm³/mol. The van der Waals surface area contributed by atoms with Crippen molar-refractivity contribution in [3.8, 4) is 5.69 Å². The molecule has 0 aliphatic rings. The van der Waals surface area contributed by atoms with Crippen molar-refractivity contribution in [1.29, 1.82) is 0 Å². The minimum Gasteiger partial charge on any atom is -0.322 e. The first-order valence-corrected chi connectivity index (χ1v) is 7.10. The van der Waals surface area contributed by atoms with Gasteiger partial charge in [-0.3, -0.25) is 4.79 Å². The lowest BCUT2D eigenvalue weighted by Gasteiger charge is -2.07. The summed E-state index contributed by atoms with van der Waals surface area (Å²) in [5.74, 6) is -0.257. The van der Waals surface area contributed by atoms with E-state index in [1.54, 1.807) is 35.3 Å². The number of hydrogen-bond donors (Lipinski definition) is 1. The Morgan fingerprint density at radius 1 is 1.05 bits per heavy atom. The van der Waals surface area contributed by atoms with Crippen LogP contribution in [0.5, 0.6) is 0 Å². The zero-order valence-corrected chi connectivity index (χ0v) is 12.7. The summed E-state index contributed by atoms with van der Waals surface area (Å²) >= 11 is 11.7. The van der Waals surface area contributed by atoms with E-state index in [4.69, 9.17) is 23.2 Å². The third-order valence-electron chi connectivity index (χ3n) is 2.99. The van der Waals surface area contributed by atoms with E-state index >= 15 is 0 Å². The first-order valence-electron chi connectivity index (χ1n) is 6.35. The van der Waals surface area contributed by atoms with Crippen molar-refractivity contribution in [2.45, 2.75) is 0 Å². The number of carbonyl (C=O) groups excluding carboxylic acids is 1. The zero-order chi connectivity index (χ0) is 15.5. The number of nitrogens with zero attached hydrogens (tertiary/aromatic N) is 3. The second-order valence-corrected chi connectivity index (χ2v) is 5.28. The van der Waals surface area contributed by atoms with Gasteiger partial charge >= 0.3 is 0 Å². The van der Waals surface area contributed by atoms with Gasteiger partial charge in [0.15, 0.2) is 0 Å². The molecule has 110 valence electrons. The number of nitrogens with one attached hydrogen (secondary N) is 1. The zero-order valence-electron chi connectivity index (χ0n) is 11.2. The van der Waals surface area contributed by atoms with Crippen molar-refractivity contribution in [3.63, 3.8) is 0 Å². The molecule has 2 aromatic carbocycles. The maximum Gasteiger partial charge on any atom is 0.255 e. The fourth-order valence-electron chi connectivity index (χ4n) is 1.88. The van der Waals surface area contributed by atoms with Crippen LogP contribution in [0.15, 0.2) is 55.1 Å². The molecule has 0 aliphatic heterocycles. The molecule has 0 unspecified atom stereocenters. The minimum absolute atomic E-state index is 0.257. The van der Waals surface area contributed by atoms with E-state index in [-0.39, 0.29) is 5.91 Å². The van der Waals surface area contributed by atoms with Crippen LogP contribution in [0.4, 0.5) is 5.69 Å². The average molecular weight is 333 g/mol. The van der Waals surface area contributed by atoms with Gasteiger partial charge in [-0.25, -0.2) is 9.67 Å². The molecule has 0 radical (unpaired) electrons. The largest absolute Gasteiger partial charge is 0.322 e. The molecule has 7 heteroatoms. The Hall–Kier alpha value is -2.37. The van der Waals surface area contributed by atoms with Crippen LogP contribution in [0.2, 0.25) is 10.0 Å². The molecule has 0 bridgehead atoms. The maximum atomic E-state index is 12.2. The summed E-state index contributed by atoms with van der Waals surface area (Å²) in [6, 6.07) is 12.0. The quantitative estimate of drug-likeness (QED) is 0.792. The number of rotatable bonds is 3. The van der Waals surface area contributed by atoms with E-state index in [9.17, 15) is 4.79 Å². The van der Waals surface area contributed by atoms with Crippen LogP contribution in [0.1, 0.15) is 10.4 Å². The van der Waals surface area contributed by atoms with Gasteiger partial charge in [-0.15, -0.1) is 0 Å². The third kappa shape index (κ3) is 3.10. The molecule has 3 aromatic rings. The lowest BCUT2D eigenvalue weighted by molar-refractivity contribution is 0.102. The Morgan fingerprint density at radius 3 is 2.45 bits per heavy atom. The van der Waals surface area contributed by atoms with E-state index in [2.05, 4.69) is 15.4 Å². The molecule has 1 amide bonds. The highest BCUT2D eigenvalue weighted by atomic mass is 35.5. The third-order valence-corrected chi connectivity index (χ3v) is 3.73. The highest BCUT2D eigenvalue weighted by molar-refractivity contribution is 6.42. The van der Waals surface area contributed by atoms with Crippen LogP contribution in [0.25, 0.3) is 5.69 Å². The van der Waals surface area contributed by atoms with Crippen LogP contribution in [-0.4, -0.2) is 20.7 Å². The maximum absolute atomic E-state index is 12.2. The number of anilines is 1. The van der Waals surface area contributed by atoms with Crippen LogP contribution >= 0.6 is 23.2 Å². The van der Waals surface area contributed by atoms with Crippen LogP contribution < -0.4 is 5.32 Å². The van der Waals surface area contributed by atoms with E-state index in [1.807, 2.05) is 12.1 Å². The van der Waals surface area contributed by atoms with Gasteiger partial charge in [-0.05, 0) is 42.5 Å². The van der Waals surface area contributed by atoms with Gasteiger partial charge in [0, 0.05) is 11.3 Å². The van der Waals surface area contributed by atoms with Gasteiger partial charge < -0.3 is 5.32 Å². The van der Waals surface area contributed by atoms with Gasteiger partial charge in [-0.2, -0.15) is 5.10 Å². The molecule has 1 N–H and O–H groups in total. The van der Waals surface area contributed by atoms with Gasteiger partial charge in [0.25, 0.3) is 5.91 Å². The number of hydrogen-bond acceptors (Lipinski definition) is 3. The number of benzene rings is 2. The Labute approximate surface area is 136 Å². The molecule has 0 saturated carbocycles. The molecule has 0 spiro atoms. The van der Waals surface area contributed by atoms with Gasteiger partial charge in [0.2, 0.25) is 0 Å². The van der Waals surface area contributed by atoms with Gasteiger partial charge in [0.1, 0.15) is 12.7 Å². The number of aromatic nitrogens is 3. The lowest BCUT2D eigenvalue weighted by atomic mass is 10.2. The average Bonchev–Trinajstić information content (AvgIpc) is 3.05. The Balaban J connectivity index is 1.75. The van der Waals surface area contributed by atoms with E-state index in [0.717, 1.165) is 5.69 Å². The van der Waals surface area contributed by atoms with Crippen molar-refractivity contribution in [2.24, 2.45) is 0 Å². The van der Waals surface area contributed by atoms with Gasteiger partial charge in [0.05, 0.1) is 15.7 Å². The normalized spacial score (nSPS) is 10.5. The fraction of sp³-hybridized carbons (Fsp3) is 0. The van der Waals surface area contributed by atoms with E-state index < -0.39 is 0 Å². The number of halogens is 2. The standard InChI is InChI=1S/C15H10Cl2N4O/c16-13-6-1-10(7-14(13)17)15(22)20-11-2-4-12(5-3-11)21-9-18-8-19-21/h1-9H,(H,20,22). The van der Waals surface area contributed by atoms with Crippen LogP contribution in [0.3, 0.4) is 0 Å². The summed E-state index contributed by atoms with van der Waals surface area (Å²) in [4.78, 5) is 16.0. The summed E-state index contributed by atoms with van der Waals surface area (Å²) in [5.41, 5.74) is 1.96. The molecular weight excluding hydrogens is 323 g/mol. The van der Waals surface area contributed by atoms with E-state index in [1.165, 1.54) is 12.4 Å². The molecule has 22 heavy (non-hydrogen) atoms. The highest BCUT2D eigenvalue weighted by Crippen LogP contribution is 2.23. The minimum atomic E-state index is -0.257. The van der Waals surface area contributed by atoms with Crippen molar-refractivity contribution >= 4 is 34.8 Å². The molecular formula is C15H10Cl2N4O. The van der Waals surface area contributed by atoms with Crippen molar-refractivity contribution in [3.05, 3.63) is 70.7 Å². The summed E-state index contributed by atoms with van der Waals surface area (Å²) < 4.78 is 1.63. The SMILES string of the molecule is O=C(Nc1ccc(-n2cncn2)cc1)c1ccc(Cl)c(Cl)c1. The second-order valence-electron chi connectivity index (χ2n) is 4.47. The summed E-state index contributed by atoms with van der Waals surface area (Å²) in [5, 5.41) is 7.58. The number of carbonyl (C=O) groups is 1. The van der Waals surface area contributed by atoms with Gasteiger partial charge in [-0.1, -0.05) is 23.2 Å². The summed E-state index contributed by atoms with van der Waals surface area (Å²) in [7, 11) is 0. The highest BCUT2D eigenvalue weighted by Gasteiger charge is 2.08. The molecule has 1 aromatic heterocycles. The molecule has 0 atom stereocenters. The first kappa shape index (κ1) is 14.6.